The molecular formula is C18H24O3. The molecule has 0 bridgehead atoms. The third-order valence-corrected chi connectivity index (χ3v) is 3.59. The number of rotatable bonds is 8. The van der Waals surface area contributed by atoms with Gasteiger partial charge in [-0.2, -0.15) is 0 Å². The normalized spacial score (nSPS) is 20.7. The van der Waals surface area contributed by atoms with Crippen molar-refractivity contribution in [2.24, 2.45) is 11.8 Å². The van der Waals surface area contributed by atoms with E-state index in [1.54, 1.807) is 6.08 Å². The van der Waals surface area contributed by atoms with Gasteiger partial charge in [-0.25, -0.2) is 0 Å². The lowest BCUT2D eigenvalue weighted by atomic mass is 9.89. The van der Waals surface area contributed by atoms with Crippen LogP contribution in [0, 0.1) is 23.7 Å². The van der Waals surface area contributed by atoms with Crippen molar-refractivity contribution < 1.29 is 14.7 Å². The molecule has 1 rings (SSSR count). The summed E-state index contributed by atoms with van der Waals surface area (Å²) in [5.41, 5.74) is 0. The van der Waals surface area contributed by atoms with E-state index in [2.05, 4.69) is 30.9 Å². The first-order valence-electron chi connectivity index (χ1n) is 7.69. The van der Waals surface area contributed by atoms with Crippen molar-refractivity contribution in [3.8, 4) is 11.8 Å². The van der Waals surface area contributed by atoms with Crippen molar-refractivity contribution in [3.05, 3.63) is 24.3 Å². The highest BCUT2D eigenvalue weighted by Crippen LogP contribution is 2.28. The van der Waals surface area contributed by atoms with Crippen LogP contribution in [0.2, 0.25) is 0 Å². The van der Waals surface area contributed by atoms with Gasteiger partial charge in [-0.05, 0) is 37.7 Å². The van der Waals surface area contributed by atoms with Crippen LogP contribution in [0.4, 0.5) is 0 Å². The van der Waals surface area contributed by atoms with Gasteiger partial charge in [-0.3, -0.25) is 9.59 Å². The third kappa shape index (κ3) is 6.94. The standard InChI is InChI=1S/C18H24O3/c1-2-3-7-11-16-15(13-14-17(16)19)10-8-5-4-6-9-12-18(20)21/h3,7,13-16H,2,4,6,9-12H2,1H3,(H,20,21)/b7-3-/t15?,16-/m1/s1. The first-order chi connectivity index (χ1) is 10.1. The molecule has 0 aromatic carbocycles. The lowest BCUT2D eigenvalue weighted by Crippen LogP contribution is -2.14. The highest BCUT2D eigenvalue weighted by Gasteiger charge is 2.27. The summed E-state index contributed by atoms with van der Waals surface area (Å²) >= 11 is 0. The van der Waals surface area contributed by atoms with Crippen LogP contribution < -0.4 is 0 Å². The van der Waals surface area contributed by atoms with Gasteiger partial charge >= 0.3 is 5.97 Å². The van der Waals surface area contributed by atoms with Crippen molar-refractivity contribution in [1.82, 2.24) is 0 Å². The molecule has 0 saturated carbocycles. The minimum Gasteiger partial charge on any atom is -0.481 e. The number of ketones is 1. The molecular weight excluding hydrogens is 264 g/mol. The highest BCUT2D eigenvalue weighted by atomic mass is 16.4. The Bertz CT molecular complexity index is 463. The highest BCUT2D eigenvalue weighted by molar-refractivity contribution is 5.94. The second kappa shape index (κ2) is 9.99. The van der Waals surface area contributed by atoms with Crippen LogP contribution >= 0.6 is 0 Å². The van der Waals surface area contributed by atoms with Crippen LogP contribution in [0.25, 0.3) is 0 Å². The van der Waals surface area contributed by atoms with Crippen LogP contribution in [-0.4, -0.2) is 16.9 Å². The quantitative estimate of drug-likeness (QED) is 0.420. The van der Waals surface area contributed by atoms with Gasteiger partial charge in [0.15, 0.2) is 5.78 Å². The van der Waals surface area contributed by atoms with Crippen LogP contribution in [-0.2, 0) is 9.59 Å². The molecule has 0 aromatic heterocycles. The van der Waals surface area contributed by atoms with Crippen LogP contribution in [0.5, 0.6) is 0 Å². The molecule has 1 aliphatic carbocycles. The number of hydrogen-bond acceptors (Lipinski definition) is 2. The molecule has 0 heterocycles. The number of unbranched alkanes of at least 4 members (excludes halogenated alkanes) is 2. The van der Waals surface area contributed by atoms with Gasteiger partial charge in [-0.1, -0.05) is 25.2 Å². The molecule has 2 atom stereocenters. The van der Waals surface area contributed by atoms with Gasteiger partial charge in [-0.15, -0.1) is 11.8 Å². The molecule has 0 saturated heterocycles. The molecule has 21 heavy (non-hydrogen) atoms. The molecule has 114 valence electrons. The average Bonchev–Trinajstić information content (AvgIpc) is 2.79. The lowest BCUT2D eigenvalue weighted by molar-refractivity contribution is -0.137. The summed E-state index contributed by atoms with van der Waals surface area (Å²) in [5.74, 6) is 5.95. The Morgan fingerprint density at radius 2 is 2.14 bits per heavy atom. The van der Waals surface area contributed by atoms with Gasteiger partial charge < -0.3 is 5.11 Å². The number of hydrogen-bond donors (Lipinski definition) is 1. The van der Waals surface area contributed by atoms with E-state index in [0.29, 0.717) is 12.8 Å². The third-order valence-electron chi connectivity index (χ3n) is 3.59. The maximum Gasteiger partial charge on any atom is 0.303 e. The number of carbonyl (C=O) groups is 2. The lowest BCUT2D eigenvalue weighted by Gasteiger charge is -2.13. The number of carboxylic acid groups (broad SMARTS) is 1. The monoisotopic (exact) mass is 288 g/mol. The number of carbonyl (C=O) groups excluding carboxylic acids is 1. The first kappa shape index (κ1) is 17.2. The number of carboxylic acids is 1. The van der Waals surface area contributed by atoms with Gasteiger partial charge in [0.25, 0.3) is 0 Å². The topological polar surface area (TPSA) is 54.4 Å². The maximum absolute atomic E-state index is 11.8. The molecule has 0 spiro atoms. The molecule has 1 N–H and O–H groups in total. The fourth-order valence-corrected chi connectivity index (χ4v) is 2.37. The minimum absolute atomic E-state index is 0.0501. The van der Waals surface area contributed by atoms with Crippen molar-refractivity contribution in [2.75, 3.05) is 0 Å². The molecule has 0 aliphatic heterocycles. The maximum atomic E-state index is 11.8. The Balaban J connectivity index is 2.29. The number of allylic oxidation sites excluding steroid dienone is 4. The van der Waals surface area contributed by atoms with Gasteiger partial charge in [0, 0.05) is 25.2 Å². The van der Waals surface area contributed by atoms with Crippen LogP contribution in [0.1, 0.15) is 51.9 Å². The SMILES string of the molecule is CC/C=C\C[C@H]1C(=O)C=CC1CC#CCCCCC(=O)O. The Morgan fingerprint density at radius 1 is 1.33 bits per heavy atom. The smallest absolute Gasteiger partial charge is 0.303 e. The predicted molar refractivity (Wildman–Crippen MR) is 83.7 cm³/mol. The van der Waals surface area contributed by atoms with Gasteiger partial charge in [0.1, 0.15) is 0 Å². The van der Waals surface area contributed by atoms with E-state index in [-0.39, 0.29) is 24.0 Å². The van der Waals surface area contributed by atoms with E-state index in [9.17, 15) is 9.59 Å². The molecule has 3 heteroatoms. The summed E-state index contributed by atoms with van der Waals surface area (Å²) in [4.78, 5) is 22.1. The fraction of sp³-hybridized carbons (Fsp3) is 0.556. The minimum atomic E-state index is -0.749. The predicted octanol–water partition coefficient (Wildman–Crippen LogP) is 3.75. The van der Waals surface area contributed by atoms with Crippen molar-refractivity contribution >= 4 is 11.8 Å². The Morgan fingerprint density at radius 3 is 2.86 bits per heavy atom. The molecule has 1 unspecified atom stereocenters. The second-order valence-corrected chi connectivity index (χ2v) is 5.31. The second-order valence-electron chi connectivity index (χ2n) is 5.31. The van der Waals surface area contributed by atoms with Gasteiger partial charge in [0.2, 0.25) is 0 Å². The number of aliphatic carboxylic acids is 1. The van der Waals surface area contributed by atoms with Gasteiger partial charge in [0.05, 0.1) is 0 Å². The summed E-state index contributed by atoms with van der Waals surface area (Å²) < 4.78 is 0. The fourth-order valence-electron chi connectivity index (χ4n) is 2.37. The first-order valence-corrected chi connectivity index (χ1v) is 7.69. The van der Waals surface area contributed by atoms with E-state index in [4.69, 9.17) is 5.11 Å². The molecule has 0 fully saturated rings. The summed E-state index contributed by atoms with van der Waals surface area (Å²) in [6.07, 6.45) is 12.8. The van der Waals surface area contributed by atoms with Crippen LogP contribution in [0.15, 0.2) is 24.3 Å². The zero-order valence-electron chi connectivity index (χ0n) is 12.7. The largest absolute Gasteiger partial charge is 0.481 e. The van der Waals surface area contributed by atoms with E-state index in [1.807, 2.05) is 6.08 Å². The molecule has 0 radical (unpaired) electrons. The molecule has 0 amide bonds. The van der Waals surface area contributed by atoms with Crippen molar-refractivity contribution in [1.29, 1.82) is 0 Å². The van der Waals surface area contributed by atoms with E-state index in [0.717, 1.165) is 25.7 Å². The molecule has 0 aromatic rings. The van der Waals surface area contributed by atoms with E-state index < -0.39 is 5.97 Å². The molecule has 3 nitrogen and oxygen atoms in total. The van der Waals surface area contributed by atoms with E-state index in [1.165, 1.54) is 0 Å². The zero-order valence-corrected chi connectivity index (χ0v) is 12.7. The summed E-state index contributed by atoms with van der Waals surface area (Å²) in [5, 5.41) is 8.52. The Labute approximate surface area is 127 Å². The summed E-state index contributed by atoms with van der Waals surface area (Å²) in [6, 6.07) is 0. The summed E-state index contributed by atoms with van der Waals surface area (Å²) in [6.45, 7) is 2.08. The van der Waals surface area contributed by atoms with E-state index >= 15 is 0 Å². The van der Waals surface area contributed by atoms with Crippen LogP contribution in [0.3, 0.4) is 0 Å². The van der Waals surface area contributed by atoms with Crippen molar-refractivity contribution in [2.45, 2.75) is 51.9 Å². The zero-order chi connectivity index (χ0) is 15.5. The average molecular weight is 288 g/mol. The summed E-state index contributed by atoms with van der Waals surface area (Å²) in [7, 11) is 0. The Hall–Kier alpha value is -1.82. The van der Waals surface area contributed by atoms with Crippen molar-refractivity contribution in [3.63, 3.8) is 0 Å². The molecule has 1 aliphatic rings. The Kier molecular flexibility index (Phi) is 8.19.